The van der Waals surface area contributed by atoms with Crippen LogP contribution in [0.15, 0.2) is 6.33 Å². The lowest BCUT2D eigenvalue weighted by molar-refractivity contribution is 0.317. The van der Waals surface area contributed by atoms with Crippen molar-refractivity contribution in [3.63, 3.8) is 0 Å². The number of imidazole rings is 1. The minimum atomic E-state index is 0.526. The average Bonchev–Trinajstić information content (AvgIpc) is 2.69. The van der Waals surface area contributed by atoms with Crippen molar-refractivity contribution in [1.82, 2.24) is 14.9 Å². The molecule has 0 radical (unpaired) electrons. The largest absolute Gasteiger partial charge is 0.330 e. The summed E-state index contributed by atoms with van der Waals surface area (Å²) in [4.78, 5) is 4.44. The highest BCUT2D eigenvalue weighted by Gasteiger charge is 2.21. The predicted octanol–water partition coefficient (Wildman–Crippen LogP) is 3.62. The first-order valence-corrected chi connectivity index (χ1v) is 7.39. The Hall–Kier alpha value is -0.830. The van der Waals surface area contributed by atoms with Crippen molar-refractivity contribution in [2.45, 2.75) is 72.4 Å². The Balaban J connectivity index is 2.86. The molecule has 0 saturated carbocycles. The summed E-state index contributed by atoms with van der Waals surface area (Å²) in [5, 5.41) is 3.71. The topological polar surface area (TPSA) is 29.9 Å². The number of hydrogen-bond acceptors (Lipinski definition) is 2. The first-order chi connectivity index (χ1) is 8.65. The molecular weight excluding hydrogens is 222 g/mol. The van der Waals surface area contributed by atoms with Gasteiger partial charge < -0.3 is 9.88 Å². The molecule has 0 saturated heterocycles. The Morgan fingerprint density at radius 1 is 1.22 bits per heavy atom. The number of nitrogens with zero attached hydrogens (tertiary/aromatic N) is 2. The highest BCUT2D eigenvalue weighted by molar-refractivity contribution is 5.10. The van der Waals surface area contributed by atoms with Crippen molar-refractivity contribution in [3.8, 4) is 0 Å². The van der Waals surface area contributed by atoms with Gasteiger partial charge in [-0.1, -0.05) is 27.2 Å². The van der Waals surface area contributed by atoms with Crippen LogP contribution in [0, 0.1) is 13.8 Å². The first-order valence-electron chi connectivity index (χ1n) is 7.39. The van der Waals surface area contributed by atoms with Gasteiger partial charge in [-0.05, 0) is 39.7 Å². The van der Waals surface area contributed by atoms with Crippen molar-refractivity contribution in [1.29, 1.82) is 0 Å². The van der Waals surface area contributed by atoms with Gasteiger partial charge in [-0.25, -0.2) is 4.98 Å². The molecule has 0 spiro atoms. The van der Waals surface area contributed by atoms with Crippen LogP contribution in [0.25, 0.3) is 0 Å². The summed E-state index contributed by atoms with van der Waals surface area (Å²) in [5.74, 6) is 0. The van der Waals surface area contributed by atoms with Crippen molar-refractivity contribution >= 4 is 0 Å². The van der Waals surface area contributed by atoms with Gasteiger partial charge in [-0.3, -0.25) is 0 Å². The Labute approximate surface area is 112 Å². The summed E-state index contributed by atoms with van der Waals surface area (Å²) < 4.78 is 2.36. The van der Waals surface area contributed by atoms with E-state index in [1.807, 2.05) is 6.33 Å². The molecule has 2 atom stereocenters. The van der Waals surface area contributed by atoms with Crippen LogP contribution in [-0.2, 0) is 0 Å². The zero-order chi connectivity index (χ0) is 13.5. The highest BCUT2D eigenvalue weighted by atomic mass is 15.1. The molecule has 0 bridgehead atoms. The second-order valence-corrected chi connectivity index (χ2v) is 5.15. The summed E-state index contributed by atoms with van der Waals surface area (Å²) in [6.07, 6.45) is 6.81. The molecule has 0 amide bonds. The molecule has 104 valence electrons. The quantitative estimate of drug-likeness (QED) is 0.765. The van der Waals surface area contributed by atoms with Crippen molar-refractivity contribution in [3.05, 3.63) is 17.7 Å². The Morgan fingerprint density at radius 2 is 1.94 bits per heavy atom. The second-order valence-electron chi connectivity index (χ2n) is 5.15. The molecule has 2 unspecified atom stereocenters. The number of aryl methyl sites for hydroxylation is 1. The first kappa shape index (κ1) is 15.2. The van der Waals surface area contributed by atoms with Gasteiger partial charge in [0.15, 0.2) is 0 Å². The lowest BCUT2D eigenvalue weighted by atomic mass is 10.00. The van der Waals surface area contributed by atoms with E-state index in [2.05, 4.69) is 49.5 Å². The fourth-order valence-corrected chi connectivity index (χ4v) is 2.60. The average molecular weight is 251 g/mol. The lowest BCUT2D eigenvalue weighted by Crippen LogP contribution is -2.38. The van der Waals surface area contributed by atoms with E-state index in [0.29, 0.717) is 12.1 Å². The molecule has 1 aromatic heterocycles. The molecule has 0 aliphatic carbocycles. The van der Waals surface area contributed by atoms with E-state index in [4.69, 9.17) is 0 Å². The molecule has 1 heterocycles. The van der Waals surface area contributed by atoms with Gasteiger partial charge >= 0.3 is 0 Å². The summed E-state index contributed by atoms with van der Waals surface area (Å²) in [7, 11) is 0. The van der Waals surface area contributed by atoms with E-state index < -0.39 is 0 Å². The number of nitrogens with one attached hydrogen (secondary N) is 1. The lowest BCUT2D eigenvalue weighted by Gasteiger charge is -2.29. The third-order valence-electron chi connectivity index (χ3n) is 3.78. The maximum Gasteiger partial charge on any atom is 0.0954 e. The highest BCUT2D eigenvalue weighted by Crippen LogP contribution is 2.22. The second kappa shape index (κ2) is 7.57. The summed E-state index contributed by atoms with van der Waals surface area (Å²) in [6.45, 7) is 12.1. The molecule has 1 rings (SSSR count). The van der Waals surface area contributed by atoms with Crippen LogP contribution < -0.4 is 5.32 Å². The van der Waals surface area contributed by atoms with Gasteiger partial charge in [-0.15, -0.1) is 0 Å². The van der Waals surface area contributed by atoms with Crippen LogP contribution in [0.5, 0.6) is 0 Å². The summed E-state index contributed by atoms with van der Waals surface area (Å²) >= 11 is 0. The van der Waals surface area contributed by atoms with E-state index in [9.17, 15) is 0 Å². The SMILES string of the molecule is CCCNC(CCC)C(CC)n1cnc(C)c1C. The molecule has 1 N–H and O–H groups in total. The Kier molecular flexibility index (Phi) is 6.41. The van der Waals surface area contributed by atoms with Crippen LogP contribution in [0.3, 0.4) is 0 Å². The predicted molar refractivity (Wildman–Crippen MR) is 78.0 cm³/mol. The van der Waals surface area contributed by atoms with Gasteiger partial charge in [-0.2, -0.15) is 0 Å². The van der Waals surface area contributed by atoms with E-state index in [1.165, 1.54) is 25.0 Å². The normalized spacial score (nSPS) is 14.7. The van der Waals surface area contributed by atoms with Crippen LogP contribution in [-0.4, -0.2) is 22.1 Å². The van der Waals surface area contributed by atoms with E-state index in [1.54, 1.807) is 0 Å². The number of aromatic nitrogens is 2. The Morgan fingerprint density at radius 3 is 2.39 bits per heavy atom. The maximum absolute atomic E-state index is 4.44. The van der Waals surface area contributed by atoms with E-state index in [0.717, 1.165) is 18.7 Å². The molecule has 0 aliphatic heterocycles. The minimum Gasteiger partial charge on any atom is -0.330 e. The third kappa shape index (κ3) is 3.58. The minimum absolute atomic E-state index is 0.526. The monoisotopic (exact) mass is 251 g/mol. The van der Waals surface area contributed by atoms with Crippen LogP contribution in [0.2, 0.25) is 0 Å². The zero-order valence-electron chi connectivity index (χ0n) is 12.7. The van der Waals surface area contributed by atoms with Gasteiger partial charge in [0.1, 0.15) is 0 Å². The molecule has 3 nitrogen and oxygen atoms in total. The van der Waals surface area contributed by atoms with Crippen molar-refractivity contribution in [2.24, 2.45) is 0 Å². The molecule has 18 heavy (non-hydrogen) atoms. The zero-order valence-corrected chi connectivity index (χ0v) is 12.7. The molecule has 0 aliphatic rings. The fourth-order valence-electron chi connectivity index (χ4n) is 2.60. The van der Waals surface area contributed by atoms with Crippen LogP contribution in [0.4, 0.5) is 0 Å². The standard InChI is InChI=1S/C15H29N3/c1-6-9-14(16-10-7-2)15(8-3)18-11-17-12(4)13(18)5/h11,14-16H,6-10H2,1-5H3. The van der Waals surface area contributed by atoms with Gasteiger partial charge in [0.2, 0.25) is 0 Å². The summed E-state index contributed by atoms with van der Waals surface area (Å²) in [5.41, 5.74) is 2.46. The van der Waals surface area contributed by atoms with Gasteiger partial charge in [0.25, 0.3) is 0 Å². The number of hydrogen-bond donors (Lipinski definition) is 1. The number of rotatable bonds is 8. The molecular formula is C15H29N3. The Bertz CT molecular complexity index is 344. The molecule has 0 aromatic carbocycles. The van der Waals surface area contributed by atoms with Crippen LogP contribution in [0.1, 0.15) is 63.9 Å². The van der Waals surface area contributed by atoms with Crippen molar-refractivity contribution in [2.75, 3.05) is 6.54 Å². The fraction of sp³-hybridized carbons (Fsp3) is 0.800. The van der Waals surface area contributed by atoms with Gasteiger partial charge in [0, 0.05) is 17.8 Å². The maximum atomic E-state index is 4.44. The van der Waals surface area contributed by atoms with E-state index in [-0.39, 0.29) is 0 Å². The smallest absolute Gasteiger partial charge is 0.0954 e. The van der Waals surface area contributed by atoms with E-state index >= 15 is 0 Å². The van der Waals surface area contributed by atoms with Crippen LogP contribution >= 0.6 is 0 Å². The summed E-state index contributed by atoms with van der Waals surface area (Å²) in [6, 6.07) is 1.09. The molecule has 0 fully saturated rings. The van der Waals surface area contributed by atoms with Crippen molar-refractivity contribution < 1.29 is 0 Å². The van der Waals surface area contributed by atoms with Gasteiger partial charge in [0.05, 0.1) is 12.0 Å². The third-order valence-corrected chi connectivity index (χ3v) is 3.78. The molecule has 1 aromatic rings. The molecule has 3 heteroatoms.